The van der Waals surface area contributed by atoms with Crippen LogP contribution in [-0.2, 0) is 0 Å². The van der Waals surface area contributed by atoms with Gasteiger partial charge in [0.05, 0.1) is 0 Å². The van der Waals surface area contributed by atoms with Gasteiger partial charge in [-0.3, -0.25) is 0 Å². The van der Waals surface area contributed by atoms with Gasteiger partial charge in [0.1, 0.15) is 6.20 Å². The topological polar surface area (TPSA) is 59.3 Å². The van der Waals surface area contributed by atoms with Crippen molar-refractivity contribution in [2.75, 3.05) is 14.1 Å². The van der Waals surface area contributed by atoms with Gasteiger partial charge in [-0.15, -0.1) is 0 Å². The quantitative estimate of drug-likeness (QED) is 0.620. The molecule has 1 aromatic heterocycles. The Hall–Kier alpha value is -1.75. The standard InChI is InChI=1S/C14H19N3O2/c1-14(16(2)3)8-6-11(7-9-14)12-4-5-13(15-10-12)17(18)19/h4-6,10H,7-9H2,1-3H3. The van der Waals surface area contributed by atoms with E-state index in [-0.39, 0.29) is 11.4 Å². The molecule has 1 aliphatic rings. The maximum atomic E-state index is 10.6. The predicted octanol–water partition coefficient (Wildman–Crippen LogP) is 2.88. The highest BCUT2D eigenvalue weighted by Gasteiger charge is 2.29. The molecule has 5 nitrogen and oxygen atoms in total. The third-order valence-corrected chi connectivity index (χ3v) is 4.11. The summed E-state index contributed by atoms with van der Waals surface area (Å²) in [6, 6.07) is 3.26. The molecule has 0 aliphatic heterocycles. The smallest absolute Gasteiger partial charge is 0.358 e. The number of hydrogen-bond donors (Lipinski definition) is 0. The molecule has 0 saturated heterocycles. The van der Waals surface area contributed by atoms with Gasteiger partial charge in [0, 0.05) is 17.2 Å². The molecular weight excluding hydrogens is 242 g/mol. The second kappa shape index (κ2) is 5.09. The van der Waals surface area contributed by atoms with E-state index in [1.807, 2.05) is 0 Å². The summed E-state index contributed by atoms with van der Waals surface area (Å²) in [6.07, 6.45) is 6.89. The number of pyridine rings is 1. The normalized spacial score (nSPS) is 23.3. The van der Waals surface area contributed by atoms with E-state index in [0.717, 1.165) is 24.8 Å². The number of rotatable bonds is 3. The minimum atomic E-state index is -0.470. The van der Waals surface area contributed by atoms with Crippen molar-refractivity contribution in [1.82, 2.24) is 9.88 Å². The summed E-state index contributed by atoms with van der Waals surface area (Å²) in [5.74, 6) is -0.0988. The molecule has 102 valence electrons. The van der Waals surface area contributed by atoms with Gasteiger partial charge < -0.3 is 15.0 Å². The van der Waals surface area contributed by atoms with Crippen LogP contribution in [0.3, 0.4) is 0 Å². The van der Waals surface area contributed by atoms with E-state index in [1.165, 1.54) is 11.6 Å². The molecule has 19 heavy (non-hydrogen) atoms. The highest BCUT2D eigenvalue weighted by Crippen LogP contribution is 2.35. The van der Waals surface area contributed by atoms with Crippen LogP contribution >= 0.6 is 0 Å². The molecule has 2 rings (SSSR count). The molecule has 5 heteroatoms. The van der Waals surface area contributed by atoms with Crippen molar-refractivity contribution >= 4 is 11.4 Å². The molecule has 1 unspecified atom stereocenters. The molecule has 0 spiro atoms. The molecule has 0 radical (unpaired) electrons. The maximum Gasteiger partial charge on any atom is 0.363 e. The first-order valence-corrected chi connectivity index (χ1v) is 6.40. The lowest BCUT2D eigenvalue weighted by Gasteiger charge is -2.39. The molecule has 0 amide bonds. The van der Waals surface area contributed by atoms with Crippen LogP contribution in [0.1, 0.15) is 31.7 Å². The molecule has 1 aliphatic carbocycles. The van der Waals surface area contributed by atoms with Gasteiger partial charge in [0.2, 0.25) is 0 Å². The first-order chi connectivity index (χ1) is 8.92. The van der Waals surface area contributed by atoms with Crippen LogP contribution in [0, 0.1) is 10.1 Å². The van der Waals surface area contributed by atoms with Crippen LogP contribution in [-0.4, -0.2) is 34.4 Å². The summed E-state index contributed by atoms with van der Waals surface area (Å²) in [5, 5.41) is 10.6. The molecule has 1 aromatic rings. The van der Waals surface area contributed by atoms with Crippen LogP contribution in [0.4, 0.5) is 5.82 Å². The van der Waals surface area contributed by atoms with E-state index in [2.05, 4.69) is 37.0 Å². The van der Waals surface area contributed by atoms with Crippen LogP contribution < -0.4 is 0 Å². The Labute approximate surface area is 113 Å². The lowest BCUT2D eigenvalue weighted by molar-refractivity contribution is -0.389. The first-order valence-electron chi connectivity index (χ1n) is 6.40. The third-order valence-electron chi connectivity index (χ3n) is 4.11. The lowest BCUT2D eigenvalue weighted by Crippen LogP contribution is -2.42. The maximum absolute atomic E-state index is 10.6. The van der Waals surface area contributed by atoms with Crippen molar-refractivity contribution in [3.8, 4) is 0 Å². The van der Waals surface area contributed by atoms with Gasteiger partial charge in [-0.25, -0.2) is 0 Å². The Balaban J connectivity index is 2.16. The minimum absolute atomic E-state index is 0.0988. The van der Waals surface area contributed by atoms with Crippen molar-refractivity contribution in [2.24, 2.45) is 0 Å². The zero-order chi connectivity index (χ0) is 14.0. The monoisotopic (exact) mass is 261 g/mol. The van der Waals surface area contributed by atoms with Gasteiger partial charge in [0.15, 0.2) is 0 Å². The third kappa shape index (κ3) is 2.81. The Kier molecular flexibility index (Phi) is 3.66. The van der Waals surface area contributed by atoms with Gasteiger partial charge >= 0.3 is 5.82 Å². The summed E-state index contributed by atoms with van der Waals surface area (Å²) in [4.78, 5) is 16.2. The fourth-order valence-electron chi connectivity index (χ4n) is 2.30. The van der Waals surface area contributed by atoms with Crippen LogP contribution in [0.5, 0.6) is 0 Å². The van der Waals surface area contributed by atoms with Gasteiger partial charge in [-0.1, -0.05) is 6.08 Å². The summed E-state index contributed by atoms with van der Waals surface area (Å²) in [7, 11) is 4.21. The average Bonchev–Trinajstić information content (AvgIpc) is 2.39. The zero-order valence-corrected chi connectivity index (χ0v) is 11.6. The molecule has 1 atom stereocenters. The Morgan fingerprint density at radius 2 is 2.16 bits per heavy atom. The second-order valence-corrected chi connectivity index (χ2v) is 5.49. The van der Waals surface area contributed by atoms with E-state index in [4.69, 9.17) is 0 Å². The Bertz CT molecular complexity index is 508. The summed E-state index contributed by atoms with van der Waals surface area (Å²) < 4.78 is 0. The number of allylic oxidation sites excluding steroid dienone is 1. The zero-order valence-electron chi connectivity index (χ0n) is 11.6. The SMILES string of the molecule is CN(C)C1(C)CC=C(c2ccc([N+](=O)[O-])nc2)CC1. The summed E-state index contributed by atoms with van der Waals surface area (Å²) >= 11 is 0. The highest BCUT2D eigenvalue weighted by molar-refractivity contribution is 5.66. The number of hydrogen-bond acceptors (Lipinski definition) is 4. The molecule has 0 fully saturated rings. The lowest BCUT2D eigenvalue weighted by atomic mass is 9.81. The molecule has 1 heterocycles. The van der Waals surface area contributed by atoms with Crippen LogP contribution in [0.25, 0.3) is 5.57 Å². The average molecular weight is 261 g/mol. The van der Waals surface area contributed by atoms with E-state index in [0.29, 0.717) is 0 Å². The van der Waals surface area contributed by atoms with Gasteiger partial charge in [0.25, 0.3) is 0 Å². The van der Waals surface area contributed by atoms with E-state index >= 15 is 0 Å². The van der Waals surface area contributed by atoms with Crippen molar-refractivity contribution < 1.29 is 4.92 Å². The van der Waals surface area contributed by atoms with E-state index < -0.39 is 4.92 Å². The summed E-state index contributed by atoms with van der Waals surface area (Å²) in [5.41, 5.74) is 2.44. The fourth-order valence-corrected chi connectivity index (χ4v) is 2.30. The van der Waals surface area contributed by atoms with E-state index in [9.17, 15) is 10.1 Å². The molecule has 0 bridgehead atoms. The fraction of sp³-hybridized carbons (Fsp3) is 0.500. The minimum Gasteiger partial charge on any atom is -0.358 e. The molecule has 0 saturated carbocycles. The Morgan fingerprint density at radius 1 is 1.42 bits per heavy atom. The van der Waals surface area contributed by atoms with Crippen molar-refractivity contribution in [3.05, 3.63) is 40.1 Å². The summed E-state index contributed by atoms with van der Waals surface area (Å²) in [6.45, 7) is 2.26. The van der Waals surface area contributed by atoms with Crippen molar-refractivity contribution in [3.63, 3.8) is 0 Å². The Morgan fingerprint density at radius 3 is 2.58 bits per heavy atom. The first kappa shape index (κ1) is 13.7. The van der Waals surface area contributed by atoms with Gasteiger partial charge in [-0.05, 0) is 61.8 Å². The number of nitrogens with zero attached hydrogens (tertiary/aromatic N) is 3. The predicted molar refractivity (Wildman–Crippen MR) is 74.8 cm³/mol. The number of aromatic nitrogens is 1. The van der Waals surface area contributed by atoms with Crippen molar-refractivity contribution in [1.29, 1.82) is 0 Å². The highest BCUT2D eigenvalue weighted by atomic mass is 16.6. The molecule has 0 aromatic carbocycles. The number of nitro groups is 1. The van der Waals surface area contributed by atoms with Crippen LogP contribution in [0.15, 0.2) is 24.4 Å². The van der Waals surface area contributed by atoms with Gasteiger partial charge in [-0.2, -0.15) is 0 Å². The molecular formula is C14H19N3O2. The van der Waals surface area contributed by atoms with Crippen molar-refractivity contribution in [2.45, 2.75) is 31.7 Å². The largest absolute Gasteiger partial charge is 0.363 e. The molecule has 0 N–H and O–H groups in total. The van der Waals surface area contributed by atoms with E-state index in [1.54, 1.807) is 12.3 Å². The second-order valence-electron chi connectivity index (χ2n) is 5.49. The van der Waals surface area contributed by atoms with Crippen LogP contribution in [0.2, 0.25) is 0 Å².